The van der Waals surface area contributed by atoms with Gasteiger partial charge in [0.2, 0.25) is 0 Å². The zero-order valence-electron chi connectivity index (χ0n) is 18.4. The maximum absolute atomic E-state index is 13.1. The van der Waals surface area contributed by atoms with Crippen LogP contribution < -0.4 is 14.4 Å². The van der Waals surface area contributed by atoms with Crippen LogP contribution in [0.2, 0.25) is 5.02 Å². The monoisotopic (exact) mass is 509 g/mol. The molecule has 3 aromatic rings. The number of hydrogen-bond donors (Lipinski definition) is 0. The van der Waals surface area contributed by atoms with Gasteiger partial charge >= 0.3 is 0 Å². The molecule has 1 aliphatic rings. The number of carbonyl (C=O) groups excluding carboxylic acids is 2. The van der Waals surface area contributed by atoms with Crippen molar-refractivity contribution in [3.63, 3.8) is 0 Å². The van der Waals surface area contributed by atoms with Crippen molar-refractivity contribution >= 4 is 63.4 Å². The first-order valence-corrected chi connectivity index (χ1v) is 11.9. The molecule has 1 heterocycles. The van der Waals surface area contributed by atoms with E-state index in [2.05, 4.69) is 0 Å². The molecule has 0 atom stereocenters. The van der Waals surface area contributed by atoms with Crippen LogP contribution in [0.4, 0.5) is 5.69 Å². The third-order valence-electron chi connectivity index (χ3n) is 5.10. The van der Waals surface area contributed by atoms with E-state index in [0.29, 0.717) is 43.6 Å². The van der Waals surface area contributed by atoms with Gasteiger partial charge in [-0.05, 0) is 60.5 Å². The molecule has 1 saturated heterocycles. The molecule has 0 unspecified atom stereocenters. The molecule has 3 aromatic carbocycles. The number of carbonyl (C=O) groups is 2. The quantitative estimate of drug-likeness (QED) is 0.205. The number of thioether (sulfide) groups is 1. The van der Waals surface area contributed by atoms with Gasteiger partial charge in [-0.15, -0.1) is 0 Å². The number of rotatable bonds is 7. The summed E-state index contributed by atoms with van der Waals surface area (Å²) in [5, 5.41) is 0.669. The first-order valence-electron chi connectivity index (χ1n) is 10.3. The fourth-order valence-electron chi connectivity index (χ4n) is 3.34. The van der Waals surface area contributed by atoms with Gasteiger partial charge in [0, 0.05) is 10.6 Å². The Labute approximate surface area is 212 Å². The number of benzene rings is 3. The highest BCUT2D eigenvalue weighted by Gasteiger charge is 2.33. The topological polar surface area (TPSA) is 55.8 Å². The maximum atomic E-state index is 13.1. The Bertz CT molecular complexity index is 1300. The molecule has 0 aliphatic carbocycles. The van der Waals surface area contributed by atoms with E-state index in [4.69, 9.17) is 33.3 Å². The minimum Gasteiger partial charge on any atom is -0.493 e. The highest BCUT2D eigenvalue weighted by Crippen LogP contribution is 2.37. The summed E-state index contributed by atoms with van der Waals surface area (Å²) in [5.74, 6) is 0.821. The summed E-state index contributed by atoms with van der Waals surface area (Å²) in [5.41, 5.74) is 2.85. The lowest BCUT2D eigenvalue weighted by Gasteiger charge is -2.15. The van der Waals surface area contributed by atoms with Crippen LogP contribution in [0.25, 0.3) is 6.08 Å². The number of methoxy groups -OCH3 is 1. The lowest BCUT2D eigenvalue weighted by atomic mass is 10.1. The smallest absolute Gasteiger partial charge is 0.270 e. The number of nitrogens with zero attached hydrogens (tertiary/aromatic N) is 1. The standard InChI is InChI=1S/C26H20ClNO4S2/c1-16(29)19-4-3-5-21(14-19)28-25(30)24(34-26(28)33)13-18-8-11-22(23(12-18)31-2)32-15-17-6-9-20(27)10-7-17/h3-14H,15H2,1-2H3/b24-13-. The second kappa shape index (κ2) is 10.4. The van der Waals surface area contributed by atoms with Crippen LogP contribution in [-0.4, -0.2) is 23.1 Å². The van der Waals surface area contributed by atoms with E-state index in [1.807, 2.05) is 30.3 Å². The van der Waals surface area contributed by atoms with Crippen molar-refractivity contribution in [1.82, 2.24) is 0 Å². The molecule has 0 bridgehead atoms. The van der Waals surface area contributed by atoms with Gasteiger partial charge in [-0.2, -0.15) is 0 Å². The molecule has 5 nitrogen and oxygen atoms in total. The summed E-state index contributed by atoms with van der Waals surface area (Å²) in [6.07, 6.45) is 1.76. The molecule has 0 saturated carbocycles. The van der Waals surface area contributed by atoms with Crippen molar-refractivity contribution in [3.05, 3.63) is 93.3 Å². The summed E-state index contributed by atoms with van der Waals surface area (Å²) in [6, 6.07) is 19.8. The zero-order chi connectivity index (χ0) is 24.2. The van der Waals surface area contributed by atoms with Crippen LogP contribution >= 0.6 is 35.6 Å². The van der Waals surface area contributed by atoms with Crippen LogP contribution in [-0.2, 0) is 11.4 Å². The molecular formula is C26H20ClNO4S2. The third kappa shape index (κ3) is 5.33. The Morgan fingerprint density at radius 1 is 1.09 bits per heavy atom. The minimum absolute atomic E-state index is 0.0756. The molecule has 8 heteroatoms. The first kappa shape index (κ1) is 24.0. The summed E-state index contributed by atoms with van der Waals surface area (Å²) in [4.78, 5) is 26.8. The lowest BCUT2D eigenvalue weighted by molar-refractivity contribution is -0.113. The van der Waals surface area contributed by atoms with E-state index in [-0.39, 0.29) is 11.7 Å². The average molecular weight is 510 g/mol. The third-order valence-corrected chi connectivity index (χ3v) is 6.65. The van der Waals surface area contributed by atoms with Crippen molar-refractivity contribution < 1.29 is 19.1 Å². The summed E-state index contributed by atoms with van der Waals surface area (Å²) in [7, 11) is 1.57. The minimum atomic E-state index is -0.238. The normalized spacial score (nSPS) is 14.6. The molecule has 0 spiro atoms. The van der Waals surface area contributed by atoms with E-state index >= 15 is 0 Å². The van der Waals surface area contributed by atoms with Crippen LogP contribution in [0.1, 0.15) is 28.4 Å². The molecular weight excluding hydrogens is 490 g/mol. The number of ketones is 1. The van der Waals surface area contributed by atoms with Crippen LogP contribution in [0.15, 0.2) is 71.6 Å². The zero-order valence-corrected chi connectivity index (χ0v) is 20.8. The van der Waals surface area contributed by atoms with Crippen molar-refractivity contribution in [2.75, 3.05) is 12.0 Å². The van der Waals surface area contributed by atoms with Gasteiger partial charge in [0.15, 0.2) is 21.6 Å². The van der Waals surface area contributed by atoms with Crippen molar-refractivity contribution in [3.8, 4) is 11.5 Å². The van der Waals surface area contributed by atoms with Gasteiger partial charge in [-0.25, -0.2) is 0 Å². The molecule has 0 N–H and O–H groups in total. The second-order valence-corrected chi connectivity index (χ2v) is 9.56. The molecule has 34 heavy (non-hydrogen) atoms. The number of halogens is 1. The largest absolute Gasteiger partial charge is 0.493 e. The van der Waals surface area contributed by atoms with Crippen LogP contribution in [0.3, 0.4) is 0 Å². The molecule has 4 rings (SSSR count). The van der Waals surface area contributed by atoms with Gasteiger partial charge in [0.25, 0.3) is 5.91 Å². The van der Waals surface area contributed by atoms with Crippen LogP contribution in [0, 0.1) is 0 Å². The fraction of sp³-hybridized carbons (Fsp3) is 0.115. The second-order valence-electron chi connectivity index (χ2n) is 7.45. The Balaban J connectivity index is 1.53. The summed E-state index contributed by atoms with van der Waals surface area (Å²) < 4.78 is 11.8. The number of ether oxygens (including phenoxy) is 2. The predicted octanol–water partition coefficient (Wildman–Crippen LogP) is 6.54. The maximum Gasteiger partial charge on any atom is 0.270 e. The van der Waals surface area contributed by atoms with Gasteiger partial charge in [0.05, 0.1) is 17.7 Å². The first-order chi connectivity index (χ1) is 16.4. The fourth-order valence-corrected chi connectivity index (χ4v) is 4.77. The van der Waals surface area contributed by atoms with E-state index in [1.165, 1.54) is 23.6 Å². The van der Waals surface area contributed by atoms with Gasteiger partial charge in [-0.3, -0.25) is 14.5 Å². The van der Waals surface area contributed by atoms with E-state index in [1.54, 1.807) is 49.6 Å². The lowest BCUT2D eigenvalue weighted by Crippen LogP contribution is -2.27. The van der Waals surface area contributed by atoms with Gasteiger partial charge in [0.1, 0.15) is 6.61 Å². The Morgan fingerprint density at radius 3 is 2.56 bits per heavy atom. The van der Waals surface area contributed by atoms with E-state index in [9.17, 15) is 9.59 Å². The van der Waals surface area contributed by atoms with Crippen molar-refractivity contribution in [1.29, 1.82) is 0 Å². The molecule has 0 radical (unpaired) electrons. The Kier molecular flexibility index (Phi) is 7.36. The average Bonchev–Trinajstić information content (AvgIpc) is 3.11. The molecule has 0 aromatic heterocycles. The van der Waals surface area contributed by atoms with Crippen molar-refractivity contribution in [2.45, 2.75) is 13.5 Å². The van der Waals surface area contributed by atoms with Crippen molar-refractivity contribution in [2.24, 2.45) is 0 Å². The number of Topliss-reactive ketones (excluding diaryl/α,β-unsaturated/α-hetero) is 1. The van der Waals surface area contributed by atoms with Crippen LogP contribution in [0.5, 0.6) is 11.5 Å². The highest BCUT2D eigenvalue weighted by molar-refractivity contribution is 8.27. The predicted molar refractivity (Wildman–Crippen MR) is 141 cm³/mol. The van der Waals surface area contributed by atoms with Gasteiger partial charge < -0.3 is 9.47 Å². The number of anilines is 1. The number of hydrogen-bond acceptors (Lipinski definition) is 6. The Morgan fingerprint density at radius 2 is 1.85 bits per heavy atom. The highest BCUT2D eigenvalue weighted by atomic mass is 35.5. The van der Waals surface area contributed by atoms with Gasteiger partial charge in [-0.1, -0.05) is 65.9 Å². The van der Waals surface area contributed by atoms with E-state index < -0.39 is 0 Å². The molecule has 1 aliphatic heterocycles. The molecule has 1 fully saturated rings. The van der Waals surface area contributed by atoms with E-state index in [0.717, 1.165) is 11.1 Å². The molecule has 1 amide bonds. The number of thiocarbonyl (C=S) groups is 1. The Hall–Kier alpha value is -3.13. The SMILES string of the molecule is COc1cc(/C=C2\SC(=S)N(c3cccc(C(C)=O)c3)C2=O)ccc1OCc1ccc(Cl)cc1. The molecule has 172 valence electrons. The summed E-state index contributed by atoms with van der Waals surface area (Å²) in [6.45, 7) is 1.85. The summed E-state index contributed by atoms with van der Waals surface area (Å²) >= 11 is 12.6. The number of amides is 1.